The molecule has 1 N–H and O–H groups in total. The van der Waals surface area contributed by atoms with Crippen molar-refractivity contribution in [2.45, 2.75) is 25.3 Å². The summed E-state index contributed by atoms with van der Waals surface area (Å²) in [7, 11) is 0. The number of thioether (sulfide) groups is 1. The number of aryl methyl sites for hydroxylation is 2. The largest absolute Gasteiger partial charge is 0.325 e. The van der Waals surface area contributed by atoms with Gasteiger partial charge in [-0.3, -0.25) is 9.48 Å². The predicted octanol–water partition coefficient (Wildman–Crippen LogP) is 4.28. The van der Waals surface area contributed by atoms with Gasteiger partial charge in [0.25, 0.3) is 0 Å². The predicted molar refractivity (Wildman–Crippen MR) is 103 cm³/mol. The van der Waals surface area contributed by atoms with Gasteiger partial charge in [-0.1, -0.05) is 29.8 Å². The fourth-order valence-corrected chi connectivity index (χ4v) is 3.40. The topological polar surface area (TPSA) is 46.9 Å². The van der Waals surface area contributed by atoms with E-state index in [-0.39, 0.29) is 5.91 Å². The molecule has 0 bridgehead atoms. The summed E-state index contributed by atoms with van der Waals surface area (Å²) in [4.78, 5) is 13.3. The van der Waals surface area contributed by atoms with Crippen molar-refractivity contribution in [3.8, 4) is 0 Å². The van der Waals surface area contributed by atoms with Crippen LogP contribution >= 0.6 is 11.8 Å². The van der Waals surface area contributed by atoms with Crippen LogP contribution in [0.15, 0.2) is 65.8 Å². The Balaban J connectivity index is 1.53. The third-order valence-corrected chi connectivity index (χ3v) is 5.00. The van der Waals surface area contributed by atoms with E-state index in [0.29, 0.717) is 5.75 Å². The number of hydrogen-bond acceptors (Lipinski definition) is 3. The van der Waals surface area contributed by atoms with E-state index in [0.717, 1.165) is 22.7 Å². The van der Waals surface area contributed by atoms with Crippen LogP contribution in [0, 0.1) is 13.8 Å². The summed E-state index contributed by atoms with van der Waals surface area (Å²) in [5, 5.41) is 7.14. The summed E-state index contributed by atoms with van der Waals surface area (Å²) < 4.78 is 1.87. The smallest absolute Gasteiger partial charge is 0.234 e. The number of carbonyl (C=O) groups excluding carboxylic acids is 1. The number of hydrogen-bond donors (Lipinski definition) is 1. The zero-order valence-corrected chi connectivity index (χ0v) is 15.2. The number of benzene rings is 2. The standard InChI is InChI=1S/C20H21N3OS/c1-15-4-5-16(2)19(12-15)25-14-20(24)22-18-8-6-17(7-9-18)13-23-11-3-10-21-23/h3-12H,13-14H2,1-2H3,(H,22,24). The molecular formula is C20H21N3OS. The Bertz CT molecular complexity index is 842. The summed E-state index contributed by atoms with van der Waals surface area (Å²) in [6.45, 7) is 4.86. The highest BCUT2D eigenvalue weighted by Gasteiger charge is 2.06. The molecule has 1 aromatic heterocycles. The lowest BCUT2D eigenvalue weighted by Gasteiger charge is -2.09. The van der Waals surface area contributed by atoms with Crippen LogP contribution in [0.2, 0.25) is 0 Å². The van der Waals surface area contributed by atoms with Crippen molar-refractivity contribution in [1.82, 2.24) is 9.78 Å². The molecule has 4 nitrogen and oxygen atoms in total. The number of carbonyl (C=O) groups is 1. The maximum atomic E-state index is 12.2. The lowest BCUT2D eigenvalue weighted by Crippen LogP contribution is -2.14. The minimum atomic E-state index is 0.00531. The second kappa shape index (κ2) is 8.03. The fraction of sp³-hybridized carbons (Fsp3) is 0.200. The third kappa shape index (κ3) is 4.97. The number of amides is 1. The summed E-state index contributed by atoms with van der Waals surface area (Å²) in [6.07, 6.45) is 3.70. The van der Waals surface area contributed by atoms with E-state index in [1.54, 1.807) is 18.0 Å². The number of anilines is 1. The van der Waals surface area contributed by atoms with E-state index in [1.165, 1.54) is 11.1 Å². The van der Waals surface area contributed by atoms with Gasteiger partial charge in [0.05, 0.1) is 12.3 Å². The first-order valence-corrected chi connectivity index (χ1v) is 9.15. The molecule has 0 saturated carbocycles. The van der Waals surface area contributed by atoms with Crippen molar-refractivity contribution in [3.63, 3.8) is 0 Å². The number of rotatable bonds is 6. The van der Waals surface area contributed by atoms with Gasteiger partial charge in [0.1, 0.15) is 0 Å². The Hall–Kier alpha value is -2.53. The Morgan fingerprint density at radius 1 is 1.16 bits per heavy atom. The minimum absolute atomic E-state index is 0.00531. The maximum absolute atomic E-state index is 12.2. The number of aromatic nitrogens is 2. The molecule has 25 heavy (non-hydrogen) atoms. The van der Waals surface area contributed by atoms with E-state index < -0.39 is 0 Å². The van der Waals surface area contributed by atoms with Gasteiger partial charge in [0.2, 0.25) is 5.91 Å². The van der Waals surface area contributed by atoms with Gasteiger partial charge in [-0.25, -0.2) is 0 Å². The van der Waals surface area contributed by atoms with Gasteiger partial charge in [-0.05, 0) is 49.2 Å². The number of nitrogens with zero attached hydrogens (tertiary/aromatic N) is 2. The molecule has 0 fully saturated rings. The average molecular weight is 351 g/mol. The van der Waals surface area contributed by atoms with Crippen molar-refractivity contribution in [2.24, 2.45) is 0 Å². The molecule has 128 valence electrons. The Morgan fingerprint density at radius 3 is 2.68 bits per heavy atom. The van der Waals surface area contributed by atoms with E-state index in [4.69, 9.17) is 0 Å². The summed E-state index contributed by atoms with van der Waals surface area (Å²) in [6, 6.07) is 16.1. The fourth-order valence-electron chi connectivity index (χ4n) is 2.48. The first-order valence-electron chi connectivity index (χ1n) is 8.16. The molecule has 3 aromatic rings. The third-order valence-electron chi connectivity index (χ3n) is 3.84. The van der Waals surface area contributed by atoms with Crippen LogP contribution in [-0.4, -0.2) is 21.4 Å². The van der Waals surface area contributed by atoms with Crippen molar-refractivity contribution in [3.05, 3.63) is 77.6 Å². The zero-order valence-electron chi connectivity index (χ0n) is 14.4. The molecule has 1 amide bonds. The van der Waals surface area contributed by atoms with Crippen LogP contribution < -0.4 is 5.32 Å². The maximum Gasteiger partial charge on any atom is 0.234 e. The van der Waals surface area contributed by atoms with E-state index >= 15 is 0 Å². The number of nitrogens with one attached hydrogen (secondary N) is 1. The van der Waals surface area contributed by atoms with Gasteiger partial charge in [0, 0.05) is 23.0 Å². The Morgan fingerprint density at radius 2 is 1.96 bits per heavy atom. The summed E-state index contributed by atoms with van der Waals surface area (Å²) in [5.74, 6) is 0.407. The molecule has 0 unspecified atom stereocenters. The minimum Gasteiger partial charge on any atom is -0.325 e. The quantitative estimate of drug-likeness (QED) is 0.674. The summed E-state index contributed by atoms with van der Waals surface area (Å²) >= 11 is 1.57. The highest BCUT2D eigenvalue weighted by Crippen LogP contribution is 2.23. The monoisotopic (exact) mass is 351 g/mol. The van der Waals surface area contributed by atoms with Crippen molar-refractivity contribution >= 4 is 23.4 Å². The lowest BCUT2D eigenvalue weighted by atomic mass is 10.2. The molecule has 3 rings (SSSR count). The first-order chi connectivity index (χ1) is 12.1. The molecule has 0 aliphatic carbocycles. The SMILES string of the molecule is Cc1ccc(C)c(SCC(=O)Nc2ccc(Cn3cccn3)cc2)c1. The van der Waals surface area contributed by atoms with Crippen LogP contribution in [0.1, 0.15) is 16.7 Å². The molecule has 1 heterocycles. The second-order valence-electron chi connectivity index (χ2n) is 6.01. The van der Waals surface area contributed by atoms with Gasteiger partial charge in [-0.15, -0.1) is 11.8 Å². The van der Waals surface area contributed by atoms with E-state index in [2.05, 4.69) is 42.5 Å². The highest BCUT2D eigenvalue weighted by atomic mass is 32.2. The molecular weight excluding hydrogens is 330 g/mol. The van der Waals surface area contributed by atoms with Crippen LogP contribution in [0.3, 0.4) is 0 Å². The molecule has 0 aliphatic heterocycles. The van der Waals surface area contributed by atoms with Crippen LogP contribution in [-0.2, 0) is 11.3 Å². The summed E-state index contributed by atoms with van der Waals surface area (Å²) in [5.41, 5.74) is 4.37. The second-order valence-corrected chi connectivity index (χ2v) is 7.02. The molecule has 0 atom stereocenters. The molecule has 0 spiro atoms. The van der Waals surface area contributed by atoms with Gasteiger partial charge in [-0.2, -0.15) is 5.10 Å². The Kier molecular flexibility index (Phi) is 5.56. The average Bonchev–Trinajstić information content (AvgIpc) is 3.10. The lowest BCUT2D eigenvalue weighted by molar-refractivity contribution is -0.113. The van der Waals surface area contributed by atoms with Gasteiger partial charge < -0.3 is 5.32 Å². The van der Waals surface area contributed by atoms with E-state index in [9.17, 15) is 4.79 Å². The molecule has 5 heteroatoms. The van der Waals surface area contributed by atoms with Gasteiger partial charge in [0.15, 0.2) is 0 Å². The highest BCUT2D eigenvalue weighted by molar-refractivity contribution is 8.00. The Labute approximate surface area is 152 Å². The molecule has 2 aromatic carbocycles. The van der Waals surface area contributed by atoms with Crippen LogP contribution in [0.4, 0.5) is 5.69 Å². The first kappa shape index (κ1) is 17.3. The molecule has 0 radical (unpaired) electrons. The molecule has 0 aliphatic rings. The van der Waals surface area contributed by atoms with Crippen LogP contribution in [0.25, 0.3) is 0 Å². The van der Waals surface area contributed by atoms with Crippen LogP contribution in [0.5, 0.6) is 0 Å². The molecule has 0 saturated heterocycles. The van der Waals surface area contributed by atoms with E-state index in [1.807, 2.05) is 41.2 Å². The zero-order chi connectivity index (χ0) is 17.6. The van der Waals surface area contributed by atoms with Crippen molar-refractivity contribution < 1.29 is 4.79 Å². The van der Waals surface area contributed by atoms with Crippen molar-refractivity contribution in [1.29, 1.82) is 0 Å². The normalized spacial score (nSPS) is 10.6. The van der Waals surface area contributed by atoms with Gasteiger partial charge >= 0.3 is 0 Å². The van der Waals surface area contributed by atoms with Crippen molar-refractivity contribution in [2.75, 3.05) is 11.1 Å².